The molecule has 0 atom stereocenters. The van der Waals surface area contributed by atoms with Crippen LogP contribution in [-0.4, -0.2) is 23.3 Å². The van der Waals surface area contributed by atoms with E-state index in [1.807, 2.05) is 0 Å². The Morgan fingerprint density at radius 1 is 1.30 bits per heavy atom. The summed E-state index contributed by atoms with van der Waals surface area (Å²) in [6, 6.07) is 2.94. The predicted molar refractivity (Wildman–Crippen MR) is 72.3 cm³/mol. The minimum Gasteiger partial charge on any atom is -0.321 e. The zero-order valence-corrected chi connectivity index (χ0v) is 11.1. The number of nitrogens with zero attached hydrogens (tertiary/aromatic N) is 2. The Hall–Kier alpha value is -2.64. The van der Waals surface area contributed by atoms with Crippen LogP contribution in [0, 0.1) is 10.1 Å². The number of hydrogen-bond acceptors (Lipinski definition) is 5. The quantitative estimate of drug-likeness (QED) is 0.633. The Balaban J connectivity index is 2.43. The van der Waals surface area contributed by atoms with Crippen molar-refractivity contribution in [2.45, 2.75) is 20.3 Å². The molecule has 1 aromatic carbocycles. The van der Waals surface area contributed by atoms with Crippen molar-refractivity contribution < 1.29 is 14.5 Å². The Morgan fingerprint density at radius 3 is 2.55 bits per heavy atom. The molecule has 0 bridgehead atoms. The number of carbonyl (C=O) groups is 2. The highest BCUT2D eigenvalue weighted by molar-refractivity contribution is 5.92. The minimum atomic E-state index is -0.560. The van der Waals surface area contributed by atoms with Crippen LogP contribution in [0.1, 0.15) is 19.4 Å². The number of hydrazine groups is 1. The maximum Gasteiger partial charge on any atom is 0.294 e. The monoisotopic (exact) mass is 278 g/mol. The second-order valence-corrected chi connectivity index (χ2v) is 4.51. The van der Waals surface area contributed by atoms with Crippen molar-refractivity contribution in [1.29, 1.82) is 0 Å². The summed E-state index contributed by atoms with van der Waals surface area (Å²) in [7, 11) is 0. The summed E-state index contributed by atoms with van der Waals surface area (Å²) < 4.78 is 0. The molecule has 0 radical (unpaired) electrons. The van der Waals surface area contributed by atoms with Crippen LogP contribution in [0.3, 0.4) is 0 Å². The molecule has 1 aliphatic rings. The van der Waals surface area contributed by atoms with E-state index >= 15 is 0 Å². The lowest BCUT2D eigenvalue weighted by atomic mass is 10.1. The molecular weight excluding hydrogens is 264 g/mol. The van der Waals surface area contributed by atoms with Crippen molar-refractivity contribution in [2.75, 3.05) is 16.9 Å². The lowest BCUT2D eigenvalue weighted by molar-refractivity contribution is -0.383. The third kappa shape index (κ3) is 2.68. The van der Waals surface area contributed by atoms with E-state index in [9.17, 15) is 19.7 Å². The van der Waals surface area contributed by atoms with Crippen LogP contribution in [0.25, 0.3) is 0 Å². The SMILES string of the molecule is CC(=O)Nc1cc2c(cc1[N+](=O)[O-])N(NC(C)=O)CC2. The molecular formula is C12H14N4O4. The summed E-state index contributed by atoms with van der Waals surface area (Å²) in [5, 5.41) is 15.1. The number of nitro groups is 1. The number of anilines is 2. The molecule has 1 aliphatic heterocycles. The fourth-order valence-corrected chi connectivity index (χ4v) is 2.17. The molecule has 8 nitrogen and oxygen atoms in total. The first-order chi connectivity index (χ1) is 9.38. The lowest BCUT2D eigenvalue weighted by Gasteiger charge is -2.19. The molecule has 2 rings (SSSR count). The standard InChI is InChI=1S/C12H14N4O4/c1-7(17)13-10-5-9-3-4-15(14-8(2)18)11(9)6-12(10)16(19)20/h5-6H,3-4H2,1-2H3,(H,13,17)(H,14,18). The number of benzene rings is 1. The first-order valence-electron chi connectivity index (χ1n) is 6.02. The van der Waals surface area contributed by atoms with Gasteiger partial charge in [-0.2, -0.15) is 0 Å². The van der Waals surface area contributed by atoms with Crippen LogP contribution >= 0.6 is 0 Å². The van der Waals surface area contributed by atoms with Gasteiger partial charge in [-0.25, -0.2) is 0 Å². The second-order valence-electron chi connectivity index (χ2n) is 4.51. The van der Waals surface area contributed by atoms with Gasteiger partial charge in [0.1, 0.15) is 5.69 Å². The fourth-order valence-electron chi connectivity index (χ4n) is 2.17. The van der Waals surface area contributed by atoms with Crippen LogP contribution in [0.2, 0.25) is 0 Å². The Bertz CT molecular complexity index is 599. The van der Waals surface area contributed by atoms with Crippen molar-refractivity contribution in [1.82, 2.24) is 5.43 Å². The van der Waals surface area contributed by atoms with Crippen molar-refractivity contribution in [3.8, 4) is 0 Å². The van der Waals surface area contributed by atoms with Gasteiger partial charge < -0.3 is 5.32 Å². The smallest absolute Gasteiger partial charge is 0.294 e. The largest absolute Gasteiger partial charge is 0.321 e. The zero-order chi connectivity index (χ0) is 14.9. The van der Waals surface area contributed by atoms with Crippen molar-refractivity contribution in [2.24, 2.45) is 0 Å². The molecule has 0 saturated heterocycles. The van der Waals surface area contributed by atoms with Crippen molar-refractivity contribution in [3.05, 3.63) is 27.8 Å². The molecule has 2 N–H and O–H groups in total. The fraction of sp³-hybridized carbons (Fsp3) is 0.333. The third-order valence-corrected chi connectivity index (χ3v) is 2.89. The highest BCUT2D eigenvalue weighted by atomic mass is 16.6. The van der Waals surface area contributed by atoms with Crippen LogP contribution < -0.4 is 15.8 Å². The van der Waals surface area contributed by atoms with Crippen LogP contribution in [0.5, 0.6) is 0 Å². The van der Waals surface area contributed by atoms with E-state index in [1.54, 1.807) is 11.1 Å². The molecule has 8 heteroatoms. The van der Waals surface area contributed by atoms with E-state index in [4.69, 9.17) is 0 Å². The van der Waals surface area contributed by atoms with Gasteiger partial charge in [0.05, 0.1) is 10.6 Å². The van der Waals surface area contributed by atoms with E-state index in [2.05, 4.69) is 10.7 Å². The summed E-state index contributed by atoms with van der Waals surface area (Å²) in [4.78, 5) is 32.7. The predicted octanol–water partition coefficient (Wildman–Crippen LogP) is 0.967. The van der Waals surface area contributed by atoms with E-state index in [0.717, 1.165) is 5.56 Å². The molecule has 1 aromatic rings. The summed E-state index contributed by atoms with van der Waals surface area (Å²) in [5.74, 6) is -0.615. The number of fused-ring (bicyclic) bond motifs is 1. The van der Waals surface area contributed by atoms with Gasteiger partial charge in [0, 0.05) is 26.5 Å². The van der Waals surface area contributed by atoms with Crippen molar-refractivity contribution in [3.63, 3.8) is 0 Å². The first kappa shape index (κ1) is 13.8. The average Bonchev–Trinajstić information content (AvgIpc) is 2.69. The van der Waals surface area contributed by atoms with E-state index in [0.29, 0.717) is 18.7 Å². The summed E-state index contributed by atoms with van der Waals surface area (Å²) in [6.45, 7) is 3.20. The number of nitrogens with one attached hydrogen (secondary N) is 2. The van der Waals surface area contributed by atoms with Gasteiger partial charge in [0.15, 0.2) is 0 Å². The van der Waals surface area contributed by atoms with E-state index in [1.165, 1.54) is 19.9 Å². The van der Waals surface area contributed by atoms with Gasteiger partial charge in [-0.05, 0) is 18.1 Å². The van der Waals surface area contributed by atoms with E-state index in [-0.39, 0.29) is 23.2 Å². The summed E-state index contributed by atoms with van der Waals surface area (Å²) >= 11 is 0. The Kier molecular flexibility index (Phi) is 3.55. The van der Waals surface area contributed by atoms with Crippen LogP contribution in [0.4, 0.5) is 17.1 Å². The van der Waals surface area contributed by atoms with Gasteiger partial charge in [0.25, 0.3) is 5.69 Å². The molecule has 0 saturated carbocycles. The highest BCUT2D eigenvalue weighted by Gasteiger charge is 2.26. The summed E-state index contributed by atoms with van der Waals surface area (Å²) in [5.41, 5.74) is 4.01. The molecule has 0 unspecified atom stereocenters. The molecule has 0 fully saturated rings. The van der Waals surface area contributed by atoms with Gasteiger partial charge in [0.2, 0.25) is 11.8 Å². The molecule has 0 spiro atoms. The normalized spacial score (nSPS) is 12.8. The number of nitro benzene ring substituents is 1. The topological polar surface area (TPSA) is 105 Å². The Labute approximate surface area is 114 Å². The molecule has 1 heterocycles. The van der Waals surface area contributed by atoms with Gasteiger partial charge in [-0.15, -0.1) is 0 Å². The molecule has 0 aromatic heterocycles. The van der Waals surface area contributed by atoms with E-state index < -0.39 is 4.92 Å². The van der Waals surface area contributed by atoms with Gasteiger partial charge in [-0.1, -0.05) is 0 Å². The van der Waals surface area contributed by atoms with Gasteiger partial charge in [-0.3, -0.25) is 30.1 Å². The minimum absolute atomic E-state index is 0.172. The van der Waals surface area contributed by atoms with Gasteiger partial charge >= 0.3 is 0 Å². The average molecular weight is 278 g/mol. The van der Waals surface area contributed by atoms with Crippen LogP contribution in [-0.2, 0) is 16.0 Å². The third-order valence-electron chi connectivity index (χ3n) is 2.89. The maximum atomic E-state index is 11.1. The second kappa shape index (κ2) is 5.16. The molecule has 2 amide bonds. The van der Waals surface area contributed by atoms with Crippen molar-refractivity contribution >= 4 is 28.9 Å². The maximum absolute atomic E-state index is 11.1. The number of hydrogen-bond donors (Lipinski definition) is 2. The summed E-state index contributed by atoms with van der Waals surface area (Å²) in [6.07, 6.45) is 0.639. The highest BCUT2D eigenvalue weighted by Crippen LogP contribution is 2.36. The number of carbonyl (C=O) groups excluding carboxylic acids is 2. The molecule has 106 valence electrons. The Morgan fingerprint density at radius 2 is 2.00 bits per heavy atom. The molecule has 0 aliphatic carbocycles. The lowest BCUT2D eigenvalue weighted by Crippen LogP contribution is -2.39. The number of amides is 2. The van der Waals surface area contributed by atoms with Crippen LogP contribution in [0.15, 0.2) is 12.1 Å². The first-order valence-corrected chi connectivity index (χ1v) is 6.02. The zero-order valence-electron chi connectivity index (χ0n) is 11.1. The number of rotatable bonds is 3. The molecule has 20 heavy (non-hydrogen) atoms.